The van der Waals surface area contributed by atoms with Crippen molar-refractivity contribution >= 4 is 0 Å². The number of nitrogens with zero attached hydrogens (tertiary/aromatic N) is 3. The Labute approximate surface area is 126 Å². The normalized spacial score (nSPS) is 15.2. The highest BCUT2D eigenvalue weighted by molar-refractivity contribution is 5.66. The lowest BCUT2D eigenvalue weighted by Crippen LogP contribution is -2.30. The molecule has 0 amide bonds. The van der Waals surface area contributed by atoms with E-state index in [2.05, 4.69) is 15.3 Å². The number of rotatable bonds is 2. The summed E-state index contributed by atoms with van der Waals surface area (Å²) in [5.74, 6) is -0.711. The fourth-order valence-corrected chi connectivity index (χ4v) is 2.81. The van der Waals surface area contributed by atoms with Crippen LogP contribution in [0, 0.1) is 0 Å². The highest BCUT2D eigenvalue weighted by atomic mass is 19.4. The van der Waals surface area contributed by atoms with Crippen molar-refractivity contribution in [1.82, 2.24) is 19.9 Å². The van der Waals surface area contributed by atoms with Gasteiger partial charge in [0.25, 0.3) is 0 Å². The first-order valence-corrected chi connectivity index (χ1v) is 7.22. The van der Waals surface area contributed by atoms with Crippen LogP contribution in [-0.4, -0.2) is 21.1 Å². The second-order valence-corrected chi connectivity index (χ2v) is 5.65. The van der Waals surface area contributed by atoms with Gasteiger partial charge in [0.1, 0.15) is 0 Å². The van der Waals surface area contributed by atoms with Crippen molar-refractivity contribution in [3.05, 3.63) is 35.5 Å². The number of hydrogen-bond acceptors (Lipinski definition) is 3. The topological polar surface area (TPSA) is 42.7 Å². The molecule has 3 rings (SSSR count). The first kappa shape index (κ1) is 15.0. The molecule has 0 atom stereocenters. The molecule has 0 radical (unpaired) electrons. The van der Waals surface area contributed by atoms with Crippen molar-refractivity contribution in [2.75, 3.05) is 6.54 Å². The van der Waals surface area contributed by atoms with Crippen LogP contribution in [0.25, 0.3) is 11.3 Å². The molecule has 0 unspecified atom stereocenters. The fraction of sp³-hybridized carbons (Fsp3) is 0.467. The Morgan fingerprint density at radius 1 is 1.32 bits per heavy atom. The molecule has 3 heterocycles. The first-order valence-electron chi connectivity index (χ1n) is 7.22. The van der Waals surface area contributed by atoms with Crippen LogP contribution in [-0.2, 0) is 19.3 Å². The molecule has 7 heteroatoms. The van der Waals surface area contributed by atoms with Gasteiger partial charge in [0.2, 0.25) is 5.82 Å². The second kappa shape index (κ2) is 5.39. The van der Waals surface area contributed by atoms with Crippen LogP contribution in [0.1, 0.15) is 37.0 Å². The summed E-state index contributed by atoms with van der Waals surface area (Å²) in [6.07, 6.45) is -2.80. The summed E-state index contributed by atoms with van der Waals surface area (Å²) < 4.78 is 41.0. The molecule has 0 spiro atoms. The van der Waals surface area contributed by atoms with E-state index in [4.69, 9.17) is 0 Å². The quantitative estimate of drug-likeness (QED) is 0.926. The maximum Gasteiger partial charge on any atom is 0.449 e. The minimum Gasteiger partial charge on any atom is -0.321 e. The molecule has 1 N–H and O–H groups in total. The largest absolute Gasteiger partial charge is 0.449 e. The number of aromatic nitrogens is 3. The smallest absolute Gasteiger partial charge is 0.321 e. The molecule has 2 aromatic heterocycles. The Bertz CT molecular complexity index is 689. The van der Waals surface area contributed by atoms with E-state index in [9.17, 15) is 13.2 Å². The number of nitrogens with one attached hydrogen (secondary N) is 1. The highest BCUT2D eigenvalue weighted by Gasteiger charge is 2.39. The Kier molecular flexibility index (Phi) is 3.68. The summed E-state index contributed by atoms with van der Waals surface area (Å²) in [6.45, 7) is 5.10. The zero-order valence-corrected chi connectivity index (χ0v) is 12.4. The molecule has 0 bridgehead atoms. The van der Waals surface area contributed by atoms with Crippen molar-refractivity contribution in [3.63, 3.8) is 0 Å². The standard InChI is InChI=1S/C15H17F3N4/c1-9(2)12-10(4-3-5-20-12)13-11-8-19-6-7-22(11)14(21-13)15(16,17)18/h3-5,9,19H,6-8H2,1-2H3. The Morgan fingerprint density at radius 2 is 2.09 bits per heavy atom. The van der Waals surface area contributed by atoms with E-state index in [0.717, 1.165) is 5.69 Å². The van der Waals surface area contributed by atoms with Gasteiger partial charge in [-0.15, -0.1) is 0 Å². The summed E-state index contributed by atoms with van der Waals surface area (Å²) in [6, 6.07) is 3.52. The van der Waals surface area contributed by atoms with Gasteiger partial charge in [-0.2, -0.15) is 13.2 Å². The van der Waals surface area contributed by atoms with Crippen molar-refractivity contribution in [2.45, 2.75) is 39.0 Å². The highest BCUT2D eigenvalue weighted by Crippen LogP contribution is 2.36. The molecule has 118 valence electrons. The summed E-state index contributed by atoms with van der Waals surface area (Å²) in [5.41, 5.74) is 2.41. The molecular weight excluding hydrogens is 293 g/mol. The molecular formula is C15H17F3N4. The minimum atomic E-state index is -4.45. The van der Waals surface area contributed by atoms with Crippen LogP contribution in [0.4, 0.5) is 13.2 Å². The zero-order chi connectivity index (χ0) is 15.9. The van der Waals surface area contributed by atoms with Gasteiger partial charge in [0.15, 0.2) is 0 Å². The third kappa shape index (κ3) is 2.49. The lowest BCUT2D eigenvalue weighted by molar-refractivity contribution is -0.147. The van der Waals surface area contributed by atoms with Crippen LogP contribution in [0.15, 0.2) is 18.3 Å². The molecule has 0 aliphatic carbocycles. The number of hydrogen-bond donors (Lipinski definition) is 1. The van der Waals surface area contributed by atoms with E-state index < -0.39 is 12.0 Å². The zero-order valence-electron chi connectivity index (χ0n) is 12.4. The van der Waals surface area contributed by atoms with Gasteiger partial charge in [-0.1, -0.05) is 13.8 Å². The Morgan fingerprint density at radius 3 is 2.77 bits per heavy atom. The summed E-state index contributed by atoms with van der Waals surface area (Å²) in [7, 11) is 0. The van der Waals surface area contributed by atoms with Gasteiger partial charge in [-0.05, 0) is 18.1 Å². The average Bonchev–Trinajstić information content (AvgIpc) is 2.86. The van der Waals surface area contributed by atoms with Gasteiger partial charge >= 0.3 is 6.18 Å². The fourth-order valence-electron chi connectivity index (χ4n) is 2.81. The summed E-state index contributed by atoms with van der Waals surface area (Å²) >= 11 is 0. The number of halogens is 3. The lowest BCUT2D eigenvalue weighted by atomic mass is 10.00. The van der Waals surface area contributed by atoms with Gasteiger partial charge in [-0.25, -0.2) is 4.98 Å². The molecule has 0 saturated heterocycles. The van der Waals surface area contributed by atoms with Crippen molar-refractivity contribution in [3.8, 4) is 11.3 Å². The Hall–Kier alpha value is -1.89. The average molecular weight is 310 g/mol. The van der Waals surface area contributed by atoms with E-state index in [0.29, 0.717) is 30.0 Å². The number of imidazole rings is 1. The van der Waals surface area contributed by atoms with Gasteiger partial charge in [-0.3, -0.25) is 4.98 Å². The molecule has 22 heavy (non-hydrogen) atoms. The monoisotopic (exact) mass is 310 g/mol. The van der Waals surface area contributed by atoms with Gasteiger partial charge in [0.05, 0.1) is 17.1 Å². The van der Waals surface area contributed by atoms with Gasteiger partial charge in [0, 0.05) is 31.4 Å². The van der Waals surface area contributed by atoms with Crippen molar-refractivity contribution in [1.29, 1.82) is 0 Å². The van der Waals surface area contributed by atoms with Crippen LogP contribution in [0.5, 0.6) is 0 Å². The van der Waals surface area contributed by atoms with Crippen LogP contribution < -0.4 is 5.32 Å². The molecule has 0 aromatic carbocycles. The van der Waals surface area contributed by atoms with E-state index in [-0.39, 0.29) is 12.5 Å². The molecule has 1 aliphatic rings. The van der Waals surface area contributed by atoms with Crippen LogP contribution >= 0.6 is 0 Å². The number of alkyl halides is 3. The van der Waals surface area contributed by atoms with E-state index >= 15 is 0 Å². The first-order chi connectivity index (χ1) is 10.4. The third-order valence-electron chi connectivity index (χ3n) is 3.77. The predicted octanol–water partition coefficient (Wildman–Crippen LogP) is 3.19. The molecule has 1 aliphatic heterocycles. The number of fused-ring (bicyclic) bond motifs is 1. The molecule has 0 fully saturated rings. The van der Waals surface area contributed by atoms with Crippen molar-refractivity contribution in [2.24, 2.45) is 0 Å². The van der Waals surface area contributed by atoms with Crippen molar-refractivity contribution < 1.29 is 13.2 Å². The maximum absolute atomic E-state index is 13.2. The molecule has 0 saturated carbocycles. The SMILES string of the molecule is CC(C)c1ncccc1-c1nc(C(F)(F)F)n2c1CNCC2. The van der Waals surface area contributed by atoms with E-state index in [1.165, 1.54) is 4.57 Å². The summed E-state index contributed by atoms with van der Waals surface area (Å²) in [4.78, 5) is 8.26. The van der Waals surface area contributed by atoms with Crippen LogP contribution in [0.2, 0.25) is 0 Å². The molecule has 4 nitrogen and oxygen atoms in total. The minimum absolute atomic E-state index is 0.111. The van der Waals surface area contributed by atoms with E-state index in [1.807, 2.05) is 13.8 Å². The molecule has 2 aromatic rings. The number of pyridine rings is 1. The lowest BCUT2D eigenvalue weighted by Gasteiger charge is -2.19. The second-order valence-electron chi connectivity index (χ2n) is 5.65. The summed E-state index contributed by atoms with van der Waals surface area (Å²) in [5, 5.41) is 3.12. The maximum atomic E-state index is 13.2. The Balaban J connectivity index is 2.22. The van der Waals surface area contributed by atoms with Gasteiger partial charge < -0.3 is 9.88 Å². The third-order valence-corrected chi connectivity index (χ3v) is 3.77. The van der Waals surface area contributed by atoms with Crippen LogP contribution in [0.3, 0.4) is 0 Å². The van der Waals surface area contributed by atoms with E-state index in [1.54, 1.807) is 18.3 Å². The predicted molar refractivity (Wildman–Crippen MR) is 76.3 cm³/mol.